The predicted octanol–water partition coefficient (Wildman–Crippen LogP) is 1.74. The zero-order chi connectivity index (χ0) is 14.0. The van der Waals surface area contributed by atoms with E-state index in [0.717, 1.165) is 22.9 Å². The van der Waals surface area contributed by atoms with E-state index in [1.807, 2.05) is 0 Å². The molecule has 100 valence electrons. The molecule has 0 bridgehead atoms. The lowest BCUT2D eigenvalue weighted by Crippen LogP contribution is -2.16. The fourth-order valence-electron chi connectivity index (χ4n) is 1.53. The minimum absolute atomic E-state index is 0.125. The highest BCUT2D eigenvalue weighted by Gasteiger charge is 2.30. The molecule has 0 aliphatic rings. The van der Waals surface area contributed by atoms with Crippen molar-refractivity contribution < 1.29 is 18.3 Å². The molecule has 0 fully saturated rings. The first-order valence-corrected chi connectivity index (χ1v) is 5.29. The topological polar surface area (TPSA) is 55.1 Å². The summed E-state index contributed by atoms with van der Waals surface area (Å²) in [6, 6.07) is 5.67. The molecular formula is C12H9F3N2O2. The van der Waals surface area contributed by atoms with Gasteiger partial charge in [-0.3, -0.25) is 4.79 Å². The smallest absolute Gasteiger partial charge is 0.390 e. The van der Waals surface area contributed by atoms with Crippen LogP contribution in [0, 0.1) is 0 Å². The van der Waals surface area contributed by atoms with Crippen molar-refractivity contribution in [1.82, 2.24) is 9.78 Å². The molecule has 0 unspecified atom stereocenters. The Morgan fingerprint density at radius 3 is 2.63 bits per heavy atom. The number of nitrogens with zero attached hydrogens (tertiary/aromatic N) is 2. The molecule has 19 heavy (non-hydrogen) atoms. The van der Waals surface area contributed by atoms with Gasteiger partial charge in [0.05, 0.1) is 17.9 Å². The third kappa shape index (κ3) is 2.82. The zero-order valence-electron chi connectivity index (χ0n) is 9.55. The minimum Gasteiger partial charge on any atom is -0.390 e. The maximum absolute atomic E-state index is 12.6. The van der Waals surface area contributed by atoms with Crippen LogP contribution in [0.5, 0.6) is 0 Å². The molecule has 0 radical (unpaired) electrons. The lowest BCUT2D eigenvalue weighted by Gasteiger charge is -2.10. The number of aliphatic hydroxyl groups excluding tert-OH is 1. The van der Waals surface area contributed by atoms with Gasteiger partial charge in [-0.15, -0.1) is 0 Å². The zero-order valence-corrected chi connectivity index (χ0v) is 9.55. The van der Waals surface area contributed by atoms with E-state index in [4.69, 9.17) is 5.11 Å². The molecule has 1 aromatic carbocycles. The average Bonchev–Trinajstić information content (AvgIpc) is 2.38. The number of halogens is 3. The molecule has 0 atom stereocenters. The first kappa shape index (κ1) is 13.3. The van der Waals surface area contributed by atoms with E-state index in [2.05, 4.69) is 5.10 Å². The van der Waals surface area contributed by atoms with Gasteiger partial charge in [0.1, 0.15) is 5.69 Å². The van der Waals surface area contributed by atoms with Crippen LogP contribution in [-0.2, 0) is 12.8 Å². The van der Waals surface area contributed by atoms with E-state index in [1.165, 1.54) is 18.3 Å². The van der Waals surface area contributed by atoms with Crippen LogP contribution in [0.3, 0.4) is 0 Å². The molecule has 7 heteroatoms. The van der Waals surface area contributed by atoms with Gasteiger partial charge in [-0.05, 0) is 18.2 Å². The van der Waals surface area contributed by atoms with Crippen LogP contribution in [0.1, 0.15) is 11.3 Å². The predicted molar refractivity (Wildman–Crippen MR) is 60.8 cm³/mol. The van der Waals surface area contributed by atoms with E-state index < -0.39 is 23.8 Å². The summed E-state index contributed by atoms with van der Waals surface area (Å²) < 4.78 is 38.8. The molecule has 0 aliphatic heterocycles. The highest BCUT2D eigenvalue weighted by Crippen LogP contribution is 2.30. The normalized spacial score (nSPS) is 11.6. The number of hydrogen-bond acceptors (Lipinski definition) is 3. The van der Waals surface area contributed by atoms with Gasteiger partial charge in [0.25, 0.3) is 0 Å². The first-order chi connectivity index (χ1) is 8.91. The fourth-order valence-corrected chi connectivity index (χ4v) is 1.53. The van der Waals surface area contributed by atoms with Crippen LogP contribution in [-0.4, -0.2) is 14.9 Å². The molecule has 2 aromatic rings. The summed E-state index contributed by atoms with van der Waals surface area (Å²) in [7, 11) is 0. The molecule has 0 aliphatic carbocycles. The standard InChI is InChI=1S/C12H9F3N2O2/c13-12(14,15)8-2-1-3-9(6-8)17-5-4-11(19)10(7-18)16-17/h1-6,18H,7H2. The Kier molecular flexibility index (Phi) is 3.39. The lowest BCUT2D eigenvalue weighted by atomic mass is 10.2. The highest BCUT2D eigenvalue weighted by molar-refractivity contribution is 5.36. The van der Waals surface area contributed by atoms with Crippen LogP contribution in [0.15, 0.2) is 41.3 Å². The van der Waals surface area contributed by atoms with Crippen molar-refractivity contribution in [1.29, 1.82) is 0 Å². The van der Waals surface area contributed by atoms with Gasteiger partial charge < -0.3 is 5.11 Å². The lowest BCUT2D eigenvalue weighted by molar-refractivity contribution is -0.137. The van der Waals surface area contributed by atoms with Crippen LogP contribution < -0.4 is 5.43 Å². The van der Waals surface area contributed by atoms with E-state index >= 15 is 0 Å². The van der Waals surface area contributed by atoms with Crippen molar-refractivity contribution in [2.24, 2.45) is 0 Å². The number of aromatic nitrogens is 2. The van der Waals surface area contributed by atoms with Gasteiger partial charge in [0, 0.05) is 12.3 Å². The summed E-state index contributed by atoms with van der Waals surface area (Å²) in [6.07, 6.45) is -3.20. The molecule has 2 rings (SSSR count). The maximum Gasteiger partial charge on any atom is 0.416 e. The molecule has 1 N–H and O–H groups in total. The summed E-state index contributed by atoms with van der Waals surface area (Å²) in [5.41, 5.74) is -1.24. The number of rotatable bonds is 2. The monoisotopic (exact) mass is 270 g/mol. The van der Waals surface area contributed by atoms with Crippen molar-refractivity contribution in [2.75, 3.05) is 0 Å². The van der Waals surface area contributed by atoms with Gasteiger partial charge >= 0.3 is 6.18 Å². The van der Waals surface area contributed by atoms with Crippen LogP contribution in [0.25, 0.3) is 5.69 Å². The van der Waals surface area contributed by atoms with Gasteiger partial charge in [0.15, 0.2) is 0 Å². The van der Waals surface area contributed by atoms with E-state index in [9.17, 15) is 18.0 Å². The summed E-state index contributed by atoms with van der Waals surface area (Å²) in [5.74, 6) is 0. The van der Waals surface area contributed by atoms with Crippen molar-refractivity contribution in [3.05, 3.63) is 58.0 Å². The van der Waals surface area contributed by atoms with Crippen LogP contribution >= 0.6 is 0 Å². The number of aliphatic hydroxyl groups is 1. The van der Waals surface area contributed by atoms with Crippen LogP contribution in [0.4, 0.5) is 13.2 Å². The summed E-state index contributed by atoms with van der Waals surface area (Å²) in [6.45, 7) is -0.571. The van der Waals surface area contributed by atoms with Crippen molar-refractivity contribution >= 4 is 0 Å². The second kappa shape index (κ2) is 4.85. The van der Waals surface area contributed by atoms with Crippen LogP contribution in [0.2, 0.25) is 0 Å². The summed E-state index contributed by atoms with van der Waals surface area (Å²) in [4.78, 5) is 11.2. The molecule has 0 amide bonds. The SMILES string of the molecule is O=c1ccn(-c2cccc(C(F)(F)F)c2)nc1CO. The summed E-state index contributed by atoms with van der Waals surface area (Å²) >= 11 is 0. The highest BCUT2D eigenvalue weighted by atomic mass is 19.4. The van der Waals surface area contributed by atoms with Crippen molar-refractivity contribution in [3.8, 4) is 5.69 Å². The number of benzene rings is 1. The van der Waals surface area contributed by atoms with Crippen molar-refractivity contribution in [2.45, 2.75) is 12.8 Å². The minimum atomic E-state index is -4.45. The Bertz CT molecular complexity index is 650. The largest absolute Gasteiger partial charge is 0.416 e. The van der Waals surface area contributed by atoms with Gasteiger partial charge in [-0.2, -0.15) is 18.3 Å². The third-order valence-corrected chi connectivity index (χ3v) is 2.47. The molecule has 4 nitrogen and oxygen atoms in total. The van der Waals surface area contributed by atoms with Gasteiger partial charge in [-0.1, -0.05) is 6.07 Å². The first-order valence-electron chi connectivity index (χ1n) is 5.29. The third-order valence-electron chi connectivity index (χ3n) is 2.47. The van der Waals surface area contributed by atoms with E-state index in [-0.39, 0.29) is 11.4 Å². The quantitative estimate of drug-likeness (QED) is 0.904. The Morgan fingerprint density at radius 1 is 1.26 bits per heavy atom. The van der Waals surface area contributed by atoms with E-state index in [0.29, 0.717) is 0 Å². The Hall–Kier alpha value is -2.15. The molecule has 1 heterocycles. The fraction of sp³-hybridized carbons (Fsp3) is 0.167. The van der Waals surface area contributed by atoms with Crippen molar-refractivity contribution in [3.63, 3.8) is 0 Å². The Labute approximate surface area is 105 Å². The molecule has 0 spiro atoms. The average molecular weight is 270 g/mol. The molecule has 0 saturated heterocycles. The molecular weight excluding hydrogens is 261 g/mol. The molecule has 1 aromatic heterocycles. The van der Waals surface area contributed by atoms with E-state index in [1.54, 1.807) is 0 Å². The Balaban J connectivity index is 2.50. The molecule has 0 saturated carbocycles. The van der Waals surface area contributed by atoms with Gasteiger partial charge in [-0.25, -0.2) is 4.68 Å². The van der Waals surface area contributed by atoms with Gasteiger partial charge in [0.2, 0.25) is 5.43 Å². The summed E-state index contributed by atoms with van der Waals surface area (Å²) in [5, 5.41) is 12.7. The number of alkyl halides is 3. The maximum atomic E-state index is 12.6. The number of hydrogen-bond donors (Lipinski definition) is 1. The second-order valence-electron chi connectivity index (χ2n) is 3.78. The second-order valence-corrected chi connectivity index (χ2v) is 3.78. The Morgan fingerprint density at radius 2 is 2.00 bits per heavy atom.